The maximum Gasteiger partial charge on any atom is 0.0974 e. The zero-order valence-corrected chi connectivity index (χ0v) is 8.45. The molecule has 3 heteroatoms. The second-order valence-corrected chi connectivity index (χ2v) is 2.92. The van der Waals surface area contributed by atoms with Crippen LogP contribution in [0.1, 0.15) is 26.7 Å². The van der Waals surface area contributed by atoms with E-state index in [1.54, 1.807) is 13.0 Å². The Kier molecular flexibility index (Phi) is 6.87. The quantitative estimate of drug-likeness (QED) is 0.296. The van der Waals surface area contributed by atoms with Gasteiger partial charge in [0.05, 0.1) is 12.4 Å². The summed E-state index contributed by atoms with van der Waals surface area (Å²) < 4.78 is 5.38. The third-order valence-electron chi connectivity index (χ3n) is 1.29. The van der Waals surface area contributed by atoms with Crippen molar-refractivity contribution >= 4 is 17.3 Å². The molecule has 0 amide bonds. The Morgan fingerprint density at radius 1 is 1.58 bits per heavy atom. The average Bonchev–Trinajstić information content (AvgIpc) is 2.02. The number of allylic oxidation sites excluding steroid dienone is 2. The molecule has 0 spiro atoms. The molecule has 0 aliphatic rings. The average molecular weight is 190 g/mol. The zero-order valence-electron chi connectivity index (χ0n) is 7.69. The highest BCUT2D eigenvalue weighted by molar-refractivity contribution is 6.17. The van der Waals surface area contributed by atoms with Gasteiger partial charge in [-0.3, -0.25) is 0 Å². The summed E-state index contributed by atoms with van der Waals surface area (Å²) in [4.78, 5) is 0. The monoisotopic (exact) mass is 189 g/mol. The standard InChI is InChI=1S/C9H16ClNO/c1-3-9(7-8(2)11)12-6-4-5-10/h7,11H,3-6H2,1-2H3/b9-7+,11-8?. The minimum Gasteiger partial charge on any atom is -0.498 e. The lowest BCUT2D eigenvalue weighted by molar-refractivity contribution is 0.206. The molecule has 0 saturated heterocycles. The first kappa shape index (κ1) is 11.5. The van der Waals surface area contributed by atoms with Gasteiger partial charge in [-0.05, 0) is 19.4 Å². The Morgan fingerprint density at radius 3 is 2.67 bits per heavy atom. The van der Waals surface area contributed by atoms with Crippen molar-refractivity contribution in [2.75, 3.05) is 12.5 Å². The van der Waals surface area contributed by atoms with E-state index < -0.39 is 0 Å². The van der Waals surface area contributed by atoms with Crippen molar-refractivity contribution in [1.29, 1.82) is 5.41 Å². The Hall–Kier alpha value is -0.500. The highest BCUT2D eigenvalue weighted by Gasteiger charge is 1.94. The largest absolute Gasteiger partial charge is 0.498 e. The summed E-state index contributed by atoms with van der Waals surface area (Å²) in [7, 11) is 0. The molecular weight excluding hydrogens is 174 g/mol. The second kappa shape index (κ2) is 7.17. The summed E-state index contributed by atoms with van der Waals surface area (Å²) in [5.41, 5.74) is 0.526. The first-order valence-electron chi connectivity index (χ1n) is 4.15. The number of alkyl halides is 1. The molecule has 2 nitrogen and oxygen atoms in total. The van der Waals surface area contributed by atoms with Crippen molar-refractivity contribution in [2.45, 2.75) is 26.7 Å². The molecule has 0 atom stereocenters. The number of rotatable bonds is 6. The van der Waals surface area contributed by atoms with E-state index in [9.17, 15) is 0 Å². The molecule has 0 heterocycles. The van der Waals surface area contributed by atoms with Gasteiger partial charge >= 0.3 is 0 Å². The van der Waals surface area contributed by atoms with E-state index in [4.69, 9.17) is 21.7 Å². The SMILES string of the molecule is CC/C(=C\C(C)=N)OCCCCl. The summed E-state index contributed by atoms with van der Waals surface area (Å²) in [5.74, 6) is 1.49. The van der Waals surface area contributed by atoms with Crippen LogP contribution in [0.4, 0.5) is 0 Å². The lowest BCUT2D eigenvalue weighted by Gasteiger charge is -2.06. The van der Waals surface area contributed by atoms with Gasteiger partial charge in [0, 0.05) is 18.0 Å². The predicted molar refractivity (Wildman–Crippen MR) is 53.1 cm³/mol. The molecule has 1 N–H and O–H groups in total. The van der Waals surface area contributed by atoms with Crippen LogP contribution in [-0.2, 0) is 4.74 Å². The first-order valence-corrected chi connectivity index (χ1v) is 4.68. The van der Waals surface area contributed by atoms with E-state index in [-0.39, 0.29) is 0 Å². The molecule has 0 rings (SSSR count). The Bertz CT molecular complexity index is 166. The molecule has 0 aromatic rings. The van der Waals surface area contributed by atoms with Gasteiger partial charge in [-0.15, -0.1) is 11.6 Å². The second-order valence-electron chi connectivity index (χ2n) is 2.54. The molecule has 0 bridgehead atoms. The summed E-state index contributed by atoms with van der Waals surface area (Å²) in [6, 6.07) is 0. The van der Waals surface area contributed by atoms with Crippen LogP contribution in [0.25, 0.3) is 0 Å². The van der Waals surface area contributed by atoms with Gasteiger partial charge in [0.15, 0.2) is 0 Å². The lowest BCUT2D eigenvalue weighted by atomic mass is 10.3. The number of ether oxygens (including phenoxy) is 1. The molecule has 0 saturated carbocycles. The van der Waals surface area contributed by atoms with Crippen LogP contribution < -0.4 is 0 Å². The van der Waals surface area contributed by atoms with Crippen LogP contribution in [0, 0.1) is 5.41 Å². The van der Waals surface area contributed by atoms with Gasteiger partial charge in [0.1, 0.15) is 0 Å². The minimum atomic E-state index is 0.526. The lowest BCUT2D eigenvalue weighted by Crippen LogP contribution is -1.97. The summed E-state index contributed by atoms with van der Waals surface area (Å²) in [5, 5.41) is 7.23. The van der Waals surface area contributed by atoms with Crippen LogP contribution in [-0.4, -0.2) is 18.2 Å². The molecule has 0 aliphatic carbocycles. The highest BCUT2D eigenvalue weighted by Crippen LogP contribution is 2.03. The number of halogens is 1. The van der Waals surface area contributed by atoms with Crippen molar-refractivity contribution in [2.24, 2.45) is 0 Å². The smallest absolute Gasteiger partial charge is 0.0974 e. The van der Waals surface area contributed by atoms with Gasteiger partial charge in [0.2, 0.25) is 0 Å². The van der Waals surface area contributed by atoms with Crippen molar-refractivity contribution in [3.8, 4) is 0 Å². The van der Waals surface area contributed by atoms with Gasteiger partial charge in [-0.25, -0.2) is 0 Å². The Labute approximate surface area is 79.1 Å². The summed E-state index contributed by atoms with van der Waals surface area (Å²) in [6.45, 7) is 4.40. The molecule has 70 valence electrons. The third kappa shape index (κ3) is 6.23. The van der Waals surface area contributed by atoms with Crippen molar-refractivity contribution in [3.63, 3.8) is 0 Å². The Balaban J connectivity index is 3.75. The van der Waals surface area contributed by atoms with E-state index in [2.05, 4.69) is 0 Å². The predicted octanol–water partition coefficient (Wildman–Crippen LogP) is 2.97. The fraction of sp³-hybridized carbons (Fsp3) is 0.667. The fourth-order valence-electron chi connectivity index (χ4n) is 0.745. The van der Waals surface area contributed by atoms with Crippen LogP contribution >= 0.6 is 11.6 Å². The van der Waals surface area contributed by atoms with Gasteiger partial charge in [-0.1, -0.05) is 6.92 Å². The van der Waals surface area contributed by atoms with E-state index in [1.165, 1.54) is 0 Å². The van der Waals surface area contributed by atoms with Gasteiger partial charge < -0.3 is 10.1 Å². The van der Waals surface area contributed by atoms with Crippen LogP contribution in [0.15, 0.2) is 11.8 Å². The van der Waals surface area contributed by atoms with Crippen LogP contribution in [0.5, 0.6) is 0 Å². The van der Waals surface area contributed by atoms with E-state index in [1.807, 2.05) is 6.92 Å². The third-order valence-corrected chi connectivity index (χ3v) is 1.56. The molecule has 0 radical (unpaired) electrons. The van der Waals surface area contributed by atoms with Gasteiger partial charge in [0.25, 0.3) is 0 Å². The zero-order chi connectivity index (χ0) is 9.40. The number of hydrogen-bond acceptors (Lipinski definition) is 2. The highest BCUT2D eigenvalue weighted by atomic mass is 35.5. The molecule has 0 aliphatic heterocycles. The summed E-state index contributed by atoms with van der Waals surface area (Å²) in [6.07, 6.45) is 3.43. The maximum atomic E-state index is 7.23. The molecular formula is C9H16ClNO. The Morgan fingerprint density at radius 2 is 2.25 bits per heavy atom. The van der Waals surface area contributed by atoms with E-state index >= 15 is 0 Å². The van der Waals surface area contributed by atoms with Crippen molar-refractivity contribution in [3.05, 3.63) is 11.8 Å². The van der Waals surface area contributed by atoms with Crippen LogP contribution in [0.3, 0.4) is 0 Å². The number of nitrogens with one attached hydrogen (secondary N) is 1. The van der Waals surface area contributed by atoms with Crippen molar-refractivity contribution in [1.82, 2.24) is 0 Å². The van der Waals surface area contributed by atoms with Crippen molar-refractivity contribution < 1.29 is 4.74 Å². The minimum absolute atomic E-state index is 0.526. The van der Waals surface area contributed by atoms with Gasteiger partial charge in [-0.2, -0.15) is 0 Å². The topological polar surface area (TPSA) is 33.1 Å². The molecule has 0 aromatic carbocycles. The normalized spacial score (nSPS) is 11.4. The fourth-order valence-corrected chi connectivity index (χ4v) is 0.854. The van der Waals surface area contributed by atoms with E-state index in [0.717, 1.165) is 18.6 Å². The molecule has 0 fully saturated rings. The van der Waals surface area contributed by atoms with Crippen LogP contribution in [0.2, 0.25) is 0 Å². The summed E-state index contributed by atoms with van der Waals surface area (Å²) >= 11 is 5.49. The molecule has 0 unspecified atom stereocenters. The maximum absolute atomic E-state index is 7.23. The molecule has 12 heavy (non-hydrogen) atoms. The first-order chi connectivity index (χ1) is 5.70. The number of hydrogen-bond donors (Lipinski definition) is 1. The van der Waals surface area contributed by atoms with E-state index in [0.29, 0.717) is 18.2 Å². The molecule has 0 aromatic heterocycles.